The minimum Gasteiger partial charge on any atom is -0.490 e. The minimum absolute atomic E-state index is 0.0825. The molecule has 1 fully saturated rings. The van der Waals surface area contributed by atoms with Crippen LogP contribution < -0.4 is 14.8 Å². The summed E-state index contributed by atoms with van der Waals surface area (Å²) in [5.74, 6) is -0.0656. The van der Waals surface area contributed by atoms with Crippen molar-refractivity contribution in [1.29, 1.82) is 0 Å². The summed E-state index contributed by atoms with van der Waals surface area (Å²) in [6.07, 6.45) is 4.45. The number of nitrogens with zero attached hydrogens (tertiary/aromatic N) is 1. The summed E-state index contributed by atoms with van der Waals surface area (Å²) in [7, 11) is 0. The molecule has 0 aliphatic carbocycles. The summed E-state index contributed by atoms with van der Waals surface area (Å²) in [6.45, 7) is 6.08. The van der Waals surface area contributed by atoms with E-state index in [9.17, 15) is 14.4 Å². The number of furan rings is 1. The first-order chi connectivity index (χ1) is 14.0. The van der Waals surface area contributed by atoms with E-state index in [1.165, 1.54) is 12.3 Å². The maximum Gasteiger partial charge on any atom is 0.331 e. The van der Waals surface area contributed by atoms with Gasteiger partial charge in [-0.2, -0.15) is 0 Å². The molecule has 8 nitrogen and oxygen atoms in total. The Hall–Kier alpha value is -3.81. The lowest BCUT2D eigenvalue weighted by Gasteiger charge is -2.25. The predicted octanol–water partition coefficient (Wildman–Crippen LogP) is 2.91. The second-order valence-electron chi connectivity index (χ2n) is 6.03. The molecule has 1 aliphatic rings. The molecule has 0 atom stereocenters. The number of rotatable bonds is 8. The van der Waals surface area contributed by atoms with Crippen molar-refractivity contribution in [1.82, 2.24) is 10.2 Å². The Labute approximate surface area is 167 Å². The SMILES string of the molecule is C=CCOc1ccc(/C=C2\C(=O)NC(=O)N(Cc3ccco3)C2=O)cc1OCC. The number of nitrogens with one attached hydrogen (secondary N) is 1. The third-order valence-corrected chi connectivity index (χ3v) is 4.02. The summed E-state index contributed by atoms with van der Waals surface area (Å²) >= 11 is 0. The van der Waals surface area contributed by atoms with Crippen LogP contribution in [0.25, 0.3) is 6.08 Å². The van der Waals surface area contributed by atoms with Gasteiger partial charge in [-0.05, 0) is 42.8 Å². The lowest BCUT2D eigenvalue weighted by Crippen LogP contribution is -2.53. The van der Waals surface area contributed by atoms with Crippen LogP contribution >= 0.6 is 0 Å². The highest BCUT2D eigenvalue weighted by atomic mass is 16.5. The maximum absolute atomic E-state index is 12.8. The zero-order valence-electron chi connectivity index (χ0n) is 15.8. The van der Waals surface area contributed by atoms with Crippen LogP contribution in [0.15, 0.2) is 59.2 Å². The van der Waals surface area contributed by atoms with Crippen molar-refractivity contribution in [2.45, 2.75) is 13.5 Å². The number of hydrogen-bond donors (Lipinski definition) is 1. The second-order valence-corrected chi connectivity index (χ2v) is 6.03. The van der Waals surface area contributed by atoms with Gasteiger partial charge in [0.1, 0.15) is 17.9 Å². The minimum atomic E-state index is -0.795. The predicted molar refractivity (Wildman–Crippen MR) is 104 cm³/mol. The van der Waals surface area contributed by atoms with Gasteiger partial charge in [0.2, 0.25) is 0 Å². The Morgan fingerprint density at radius 3 is 2.69 bits per heavy atom. The molecular weight excluding hydrogens is 376 g/mol. The van der Waals surface area contributed by atoms with Crippen LogP contribution in [0, 0.1) is 0 Å². The van der Waals surface area contributed by atoms with E-state index in [2.05, 4.69) is 11.9 Å². The van der Waals surface area contributed by atoms with Gasteiger partial charge in [-0.1, -0.05) is 18.7 Å². The van der Waals surface area contributed by atoms with Crippen molar-refractivity contribution in [3.05, 3.63) is 66.1 Å². The van der Waals surface area contributed by atoms with Crippen LogP contribution in [0.1, 0.15) is 18.2 Å². The van der Waals surface area contributed by atoms with E-state index in [0.29, 0.717) is 36.0 Å². The molecular formula is C21H20N2O6. The van der Waals surface area contributed by atoms with Crippen molar-refractivity contribution in [2.24, 2.45) is 0 Å². The van der Waals surface area contributed by atoms with E-state index in [-0.39, 0.29) is 12.1 Å². The van der Waals surface area contributed by atoms with Crippen LogP contribution in [-0.2, 0) is 16.1 Å². The Morgan fingerprint density at radius 2 is 2.00 bits per heavy atom. The standard InChI is InChI=1S/C21H20N2O6/c1-3-9-29-17-8-7-14(12-18(17)27-4-2)11-16-19(24)22-21(26)23(20(16)25)13-15-6-5-10-28-15/h3,5-8,10-12H,1,4,9,13H2,2H3,(H,22,24,26)/b16-11+. The third-order valence-electron chi connectivity index (χ3n) is 4.02. The van der Waals surface area contributed by atoms with E-state index in [1.54, 1.807) is 36.4 Å². The molecule has 2 heterocycles. The summed E-state index contributed by atoms with van der Waals surface area (Å²) < 4.78 is 16.3. The fourth-order valence-corrected chi connectivity index (χ4v) is 2.71. The van der Waals surface area contributed by atoms with Gasteiger partial charge in [0.25, 0.3) is 11.8 Å². The Kier molecular flexibility index (Phi) is 6.13. The maximum atomic E-state index is 12.8. The molecule has 4 amide bonds. The number of benzene rings is 1. The van der Waals surface area contributed by atoms with Crippen LogP contribution in [-0.4, -0.2) is 36.0 Å². The van der Waals surface area contributed by atoms with Gasteiger partial charge in [-0.15, -0.1) is 0 Å². The number of carbonyl (C=O) groups excluding carboxylic acids is 3. The molecule has 1 aliphatic heterocycles. The molecule has 1 N–H and O–H groups in total. The van der Waals surface area contributed by atoms with E-state index < -0.39 is 17.8 Å². The van der Waals surface area contributed by atoms with E-state index in [1.807, 2.05) is 6.92 Å². The molecule has 0 unspecified atom stereocenters. The molecule has 2 aromatic rings. The topological polar surface area (TPSA) is 98.1 Å². The Morgan fingerprint density at radius 1 is 1.17 bits per heavy atom. The first-order valence-corrected chi connectivity index (χ1v) is 8.95. The summed E-state index contributed by atoms with van der Waals surface area (Å²) in [6, 6.07) is 7.50. The molecule has 1 saturated heterocycles. The molecule has 150 valence electrons. The highest BCUT2D eigenvalue weighted by Gasteiger charge is 2.36. The Bertz CT molecular complexity index is 962. The smallest absolute Gasteiger partial charge is 0.331 e. The van der Waals surface area contributed by atoms with Crippen LogP contribution in [0.5, 0.6) is 11.5 Å². The second kappa shape index (κ2) is 8.92. The molecule has 0 radical (unpaired) electrons. The van der Waals surface area contributed by atoms with E-state index in [4.69, 9.17) is 13.9 Å². The van der Waals surface area contributed by atoms with Crippen molar-refractivity contribution < 1.29 is 28.3 Å². The average molecular weight is 396 g/mol. The van der Waals surface area contributed by atoms with E-state index >= 15 is 0 Å². The molecule has 0 spiro atoms. The van der Waals surface area contributed by atoms with Gasteiger partial charge in [0, 0.05) is 0 Å². The van der Waals surface area contributed by atoms with Crippen LogP contribution in [0.3, 0.4) is 0 Å². The van der Waals surface area contributed by atoms with Crippen LogP contribution in [0.4, 0.5) is 4.79 Å². The first-order valence-electron chi connectivity index (χ1n) is 8.95. The molecule has 29 heavy (non-hydrogen) atoms. The summed E-state index contributed by atoms with van der Waals surface area (Å²) in [5, 5.41) is 2.17. The third kappa shape index (κ3) is 4.55. The normalized spacial score (nSPS) is 15.4. The van der Waals surface area contributed by atoms with Gasteiger partial charge in [-0.25, -0.2) is 4.79 Å². The number of hydrogen-bond acceptors (Lipinski definition) is 6. The molecule has 1 aromatic heterocycles. The van der Waals surface area contributed by atoms with Gasteiger partial charge in [0.05, 0.1) is 19.4 Å². The summed E-state index contributed by atoms with van der Waals surface area (Å²) in [5.41, 5.74) is 0.378. The van der Waals surface area contributed by atoms with Crippen molar-refractivity contribution in [3.8, 4) is 11.5 Å². The quantitative estimate of drug-likeness (QED) is 0.419. The number of ether oxygens (including phenoxy) is 2. The highest BCUT2D eigenvalue weighted by Crippen LogP contribution is 2.30. The lowest BCUT2D eigenvalue weighted by molar-refractivity contribution is -0.130. The van der Waals surface area contributed by atoms with Crippen molar-refractivity contribution in [3.63, 3.8) is 0 Å². The van der Waals surface area contributed by atoms with Gasteiger partial charge in [0.15, 0.2) is 11.5 Å². The number of carbonyl (C=O) groups is 3. The van der Waals surface area contributed by atoms with Gasteiger partial charge < -0.3 is 13.9 Å². The molecule has 3 rings (SSSR count). The van der Waals surface area contributed by atoms with E-state index in [0.717, 1.165) is 4.90 Å². The molecule has 8 heteroatoms. The van der Waals surface area contributed by atoms with Crippen molar-refractivity contribution in [2.75, 3.05) is 13.2 Å². The molecule has 0 saturated carbocycles. The first kappa shape index (κ1) is 19.9. The molecule has 1 aromatic carbocycles. The number of amides is 4. The summed E-state index contributed by atoms with van der Waals surface area (Å²) in [4.78, 5) is 38.0. The van der Waals surface area contributed by atoms with Crippen LogP contribution in [0.2, 0.25) is 0 Å². The fraction of sp³-hybridized carbons (Fsp3) is 0.190. The largest absolute Gasteiger partial charge is 0.490 e. The number of barbiturate groups is 1. The lowest BCUT2D eigenvalue weighted by atomic mass is 10.1. The molecule has 0 bridgehead atoms. The monoisotopic (exact) mass is 396 g/mol. The van der Waals surface area contributed by atoms with Crippen molar-refractivity contribution >= 4 is 23.9 Å². The Balaban J connectivity index is 1.89. The fourth-order valence-electron chi connectivity index (χ4n) is 2.71. The highest BCUT2D eigenvalue weighted by molar-refractivity contribution is 6.30. The number of urea groups is 1. The van der Waals surface area contributed by atoms with Gasteiger partial charge >= 0.3 is 6.03 Å². The van der Waals surface area contributed by atoms with Gasteiger partial charge in [-0.3, -0.25) is 19.8 Å². The number of imide groups is 2. The zero-order chi connectivity index (χ0) is 20.8. The zero-order valence-corrected chi connectivity index (χ0v) is 15.8. The average Bonchev–Trinajstić information content (AvgIpc) is 3.21.